The molecule has 0 aliphatic carbocycles. The van der Waals surface area contributed by atoms with Crippen molar-refractivity contribution in [1.29, 1.82) is 0 Å². The molecule has 1 heterocycles. The maximum absolute atomic E-state index is 5.48. The fourth-order valence-electron chi connectivity index (χ4n) is 2.15. The van der Waals surface area contributed by atoms with Crippen molar-refractivity contribution in [1.82, 2.24) is 4.57 Å². The van der Waals surface area contributed by atoms with Gasteiger partial charge in [0.25, 0.3) is 0 Å². The first kappa shape index (κ1) is 16.2. The van der Waals surface area contributed by atoms with Crippen molar-refractivity contribution in [2.45, 2.75) is 19.3 Å². The van der Waals surface area contributed by atoms with Crippen molar-refractivity contribution in [3.63, 3.8) is 0 Å². The standard InChI is InChI=1S/C16H24N6/c1-21-12-13-22(2)16(21)20-19-15-8-6-14(7-9-15)18-11-5-3-4-10-17/h6-9,12-13H,3-5,10-11,17H2,1-2H3/p+1. The molecule has 2 aromatic rings. The van der Waals surface area contributed by atoms with Gasteiger partial charge in [0, 0.05) is 17.3 Å². The van der Waals surface area contributed by atoms with Gasteiger partial charge in [-0.15, -0.1) is 0 Å². The third-order valence-electron chi connectivity index (χ3n) is 3.48. The van der Waals surface area contributed by atoms with Crippen LogP contribution >= 0.6 is 0 Å². The highest BCUT2D eigenvalue weighted by atomic mass is 15.3. The van der Waals surface area contributed by atoms with E-state index in [1.165, 1.54) is 6.42 Å². The van der Waals surface area contributed by atoms with Crippen LogP contribution in [0.25, 0.3) is 0 Å². The van der Waals surface area contributed by atoms with E-state index in [0.29, 0.717) is 0 Å². The van der Waals surface area contributed by atoms with Gasteiger partial charge in [-0.1, -0.05) is 11.5 Å². The summed E-state index contributed by atoms with van der Waals surface area (Å²) in [6.45, 7) is 1.75. The molecule has 0 atom stereocenters. The van der Waals surface area contributed by atoms with Crippen LogP contribution in [0.2, 0.25) is 0 Å². The fourth-order valence-corrected chi connectivity index (χ4v) is 2.15. The van der Waals surface area contributed by atoms with E-state index in [-0.39, 0.29) is 0 Å². The topological polar surface area (TPSA) is 71.6 Å². The monoisotopic (exact) mass is 301 g/mol. The predicted molar refractivity (Wildman–Crippen MR) is 88.6 cm³/mol. The van der Waals surface area contributed by atoms with Gasteiger partial charge >= 0.3 is 5.95 Å². The van der Waals surface area contributed by atoms with Crippen molar-refractivity contribution in [3.8, 4) is 0 Å². The summed E-state index contributed by atoms with van der Waals surface area (Å²) in [4.78, 5) is 0. The number of hydrogen-bond acceptors (Lipinski definition) is 4. The number of nitrogens with zero attached hydrogens (tertiary/aromatic N) is 4. The first-order chi connectivity index (χ1) is 10.7. The quantitative estimate of drug-likeness (QED) is 0.447. The molecule has 0 spiro atoms. The lowest BCUT2D eigenvalue weighted by Crippen LogP contribution is -2.25. The number of nitrogens with two attached hydrogens (primary N) is 1. The van der Waals surface area contributed by atoms with Crippen LogP contribution in [0.15, 0.2) is 46.9 Å². The van der Waals surface area contributed by atoms with E-state index >= 15 is 0 Å². The van der Waals surface area contributed by atoms with Crippen LogP contribution in [-0.2, 0) is 14.1 Å². The smallest absolute Gasteiger partial charge is 0.385 e. The fraction of sp³-hybridized carbons (Fsp3) is 0.438. The van der Waals surface area contributed by atoms with Crippen LogP contribution in [0.4, 0.5) is 17.3 Å². The van der Waals surface area contributed by atoms with E-state index in [9.17, 15) is 0 Å². The third-order valence-corrected chi connectivity index (χ3v) is 3.48. The van der Waals surface area contributed by atoms with Gasteiger partial charge in [-0.3, -0.25) is 0 Å². The lowest BCUT2D eigenvalue weighted by atomic mass is 10.2. The zero-order chi connectivity index (χ0) is 15.8. The molecular weight excluding hydrogens is 276 g/mol. The molecule has 0 amide bonds. The Hall–Kier alpha value is -2.21. The Labute approximate surface area is 131 Å². The summed E-state index contributed by atoms with van der Waals surface area (Å²) in [5, 5.41) is 12.0. The Bertz CT molecular complexity index is 580. The second-order valence-electron chi connectivity index (χ2n) is 5.34. The summed E-state index contributed by atoms with van der Waals surface area (Å²) in [6.07, 6.45) is 7.31. The van der Waals surface area contributed by atoms with E-state index in [1.807, 2.05) is 59.9 Å². The molecule has 0 saturated heterocycles. The van der Waals surface area contributed by atoms with Crippen LogP contribution in [0.5, 0.6) is 0 Å². The molecule has 118 valence electrons. The number of aryl methyl sites for hydroxylation is 2. The van der Waals surface area contributed by atoms with E-state index in [1.54, 1.807) is 0 Å². The first-order valence-corrected chi connectivity index (χ1v) is 7.67. The summed E-state index contributed by atoms with van der Waals surface area (Å²) in [7, 11) is 3.90. The molecule has 0 radical (unpaired) electrons. The van der Waals surface area contributed by atoms with E-state index in [4.69, 9.17) is 5.73 Å². The number of unbranched alkanes of at least 4 members (excludes halogenated alkanes) is 2. The molecule has 1 aromatic carbocycles. The number of aromatic nitrogens is 2. The number of nitrogens with one attached hydrogen (secondary N) is 1. The summed E-state index contributed by atoms with van der Waals surface area (Å²) < 4.78 is 3.86. The molecule has 0 saturated carbocycles. The molecule has 1 aromatic heterocycles. The van der Waals surface area contributed by atoms with Crippen LogP contribution in [-0.4, -0.2) is 17.7 Å². The number of imidazole rings is 1. The maximum Gasteiger partial charge on any atom is 0.421 e. The van der Waals surface area contributed by atoms with Gasteiger partial charge in [0.2, 0.25) is 0 Å². The average Bonchev–Trinajstić information content (AvgIpc) is 2.85. The second-order valence-corrected chi connectivity index (χ2v) is 5.34. The molecule has 2 rings (SSSR count). The summed E-state index contributed by atoms with van der Waals surface area (Å²) >= 11 is 0. The third kappa shape index (κ3) is 4.66. The highest BCUT2D eigenvalue weighted by molar-refractivity contribution is 5.50. The Morgan fingerprint density at radius 1 is 1.14 bits per heavy atom. The Morgan fingerprint density at radius 3 is 2.55 bits per heavy atom. The summed E-state index contributed by atoms with van der Waals surface area (Å²) in [5.74, 6) is 0.808. The molecule has 3 N–H and O–H groups in total. The summed E-state index contributed by atoms with van der Waals surface area (Å²) in [5.41, 5.74) is 7.43. The predicted octanol–water partition coefficient (Wildman–Crippen LogP) is 2.81. The van der Waals surface area contributed by atoms with E-state index in [0.717, 1.165) is 43.3 Å². The highest BCUT2D eigenvalue weighted by Gasteiger charge is 2.10. The maximum atomic E-state index is 5.48. The summed E-state index contributed by atoms with van der Waals surface area (Å²) in [6, 6.07) is 7.99. The number of anilines is 1. The second kappa shape index (κ2) is 8.29. The van der Waals surface area contributed by atoms with Crippen molar-refractivity contribution in [3.05, 3.63) is 36.7 Å². The van der Waals surface area contributed by atoms with Gasteiger partial charge in [-0.25, -0.2) is 9.13 Å². The van der Waals surface area contributed by atoms with Gasteiger partial charge in [-0.05, 0) is 43.7 Å². The average molecular weight is 301 g/mol. The van der Waals surface area contributed by atoms with Crippen molar-refractivity contribution < 1.29 is 4.57 Å². The molecular formula is C16H25N6+. The lowest BCUT2D eigenvalue weighted by molar-refractivity contribution is -0.657. The highest BCUT2D eigenvalue weighted by Crippen LogP contribution is 2.18. The van der Waals surface area contributed by atoms with Gasteiger partial charge in [-0.2, -0.15) is 0 Å². The normalized spacial score (nSPS) is 11.2. The molecule has 0 fully saturated rings. The van der Waals surface area contributed by atoms with Crippen LogP contribution < -0.4 is 15.6 Å². The zero-order valence-corrected chi connectivity index (χ0v) is 13.4. The van der Waals surface area contributed by atoms with Crippen LogP contribution in [0.3, 0.4) is 0 Å². The number of azo groups is 1. The van der Waals surface area contributed by atoms with E-state index in [2.05, 4.69) is 15.5 Å². The van der Waals surface area contributed by atoms with Gasteiger partial charge in [0.15, 0.2) is 0 Å². The minimum absolute atomic E-state index is 0.776. The Morgan fingerprint density at radius 2 is 1.91 bits per heavy atom. The SMILES string of the molecule is Cn1cc[n+](C)c1N=Nc1ccc(NCCCCCN)cc1. The van der Waals surface area contributed by atoms with Gasteiger partial charge in [0.1, 0.15) is 5.69 Å². The number of benzene rings is 1. The molecule has 22 heavy (non-hydrogen) atoms. The molecule has 0 unspecified atom stereocenters. The molecule has 6 heteroatoms. The minimum Gasteiger partial charge on any atom is -0.385 e. The van der Waals surface area contributed by atoms with E-state index < -0.39 is 0 Å². The first-order valence-electron chi connectivity index (χ1n) is 7.67. The molecule has 0 aliphatic rings. The zero-order valence-electron chi connectivity index (χ0n) is 13.4. The minimum atomic E-state index is 0.776. The Kier molecular flexibility index (Phi) is 6.09. The van der Waals surface area contributed by atoms with Gasteiger partial charge < -0.3 is 11.1 Å². The molecule has 0 bridgehead atoms. The largest absolute Gasteiger partial charge is 0.421 e. The van der Waals surface area contributed by atoms with Crippen molar-refractivity contribution in [2.75, 3.05) is 18.4 Å². The number of rotatable bonds is 8. The van der Waals surface area contributed by atoms with Crippen molar-refractivity contribution >= 4 is 17.3 Å². The molecule has 0 aliphatic heterocycles. The van der Waals surface area contributed by atoms with Crippen molar-refractivity contribution in [2.24, 2.45) is 30.1 Å². The Balaban J connectivity index is 1.86. The number of hydrogen-bond donors (Lipinski definition) is 2. The van der Waals surface area contributed by atoms with Crippen LogP contribution in [0, 0.1) is 0 Å². The lowest BCUT2D eigenvalue weighted by Gasteiger charge is -2.05. The van der Waals surface area contributed by atoms with Crippen LogP contribution in [0.1, 0.15) is 19.3 Å². The van der Waals surface area contributed by atoms with Gasteiger partial charge in [0.05, 0.1) is 26.5 Å². The molecule has 6 nitrogen and oxygen atoms in total.